The molecule has 0 heterocycles. The van der Waals surface area contributed by atoms with E-state index in [1.54, 1.807) is 18.2 Å². The maximum absolute atomic E-state index is 11.7. The van der Waals surface area contributed by atoms with Crippen molar-refractivity contribution in [2.45, 2.75) is 0 Å². The number of benzene rings is 2. The highest BCUT2D eigenvalue weighted by molar-refractivity contribution is 14.1. The molecule has 2 aromatic carbocycles. The van der Waals surface area contributed by atoms with Gasteiger partial charge in [0.15, 0.2) is 12.4 Å². The third-order valence-corrected chi connectivity index (χ3v) is 3.71. The van der Waals surface area contributed by atoms with E-state index in [1.807, 2.05) is 12.1 Å². The van der Waals surface area contributed by atoms with E-state index in [0.717, 1.165) is 3.57 Å². The van der Waals surface area contributed by atoms with Crippen molar-refractivity contribution in [2.24, 2.45) is 5.10 Å². The first-order chi connectivity index (χ1) is 12.0. The zero-order valence-corrected chi connectivity index (χ0v) is 15.3. The van der Waals surface area contributed by atoms with E-state index in [-0.39, 0.29) is 18.0 Å². The predicted molar refractivity (Wildman–Crippen MR) is 100 cm³/mol. The summed E-state index contributed by atoms with van der Waals surface area (Å²) in [6.07, 6.45) is 1.30. The molecule has 0 spiro atoms. The minimum atomic E-state index is -0.552. The molecule has 0 aliphatic carbocycles. The minimum absolute atomic E-state index is 0.150. The molecule has 0 unspecified atom stereocenters. The van der Waals surface area contributed by atoms with Gasteiger partial charge in [0.2, 0.25) is 0 Å². The molecule has 0 saturated carbocycles. The van der Waals surface area contributed by atoms with Crippen LogP contribution in [0.3, 0.4) is 0 Å². The van der Waals surface area contributed by atoms with Crippen LogP contribution >= 0.6 is 22.6 Å². The highest BCUT2D eigenvalue weighted by Gasteiger charge is 2.14. The Kier molecular flexibility index (Phi) is 6.69. The maximum atomic E-state index is 11.7. The van der Waals surface area contributed by atoms with Crippen molar-refractivity contribution in [3.05, 3.63) is 61.7 Å². The number of ether oxygens (including phenoxy) is 2. The first-order valence-corrected chi connectivity index (χ1v) is 8.10. The summed E-state index contributed by atoms with van der Waals surface area (Å²) in [4.78, 5) is 22.1. The summed E-state index contributed by atoms with van der Waals surface area (Å²) < 4.78 is 11.3. The number of halogens is 1. The van der Waals surface area contributed by atoms with Crippen molar-refractivity contribution < 1.29 is 19.2 Å². The van der Waals surface area contributed by atoms with Crippen LogP contribution in [0.15, 0.2) is 47.6 Å². The summed E-state index contributed by atoms with van der Waals surface area (Å²) in [5, 5.41) is 14.7. The van der Waals surface area contributed by atoms with Gasteiger partial charge in [-0.15, -0.1) is 0 Å². The molecule has 2 aromatic rings. The minimum Gasteiger partial charge on any atom is -0.490 e. The van der Waals surface area contributed by atoms with Gasteiger partial charge >= 0.3 is 5.69 Å². The number of nitrogens with zero attached hydrogens (tertiary/aromatic N) is 2. The third kappa shape index (κ3) is 5.71. The largest absolute Gasteiger partial charge is 0.490 e. The number of hydrazone groups is 1. The van der Waals surface area contributed by atoms with Gasteiger partial charge in [0.25, 0.3) is 5.91 Å². The normalized spacial score (nSPS) is 10.5. The topological polar surface area (TPSA) is 103 Å². The molecule has 0 saturated heterocycles. The summed E-state index contributed by atoms with van der Waals surface area (Å²) >= 11 is 2.17. The molecule has 25 heavy (non-hydrogen) atoms. The van der Waals surface area contributed by atoms with Crippen LogP contribution in [0.5, 0.6) is 11.5 Å². The second-order valence-electron chi connectivity index (χ2n) is 4.72. The summed E-state index contributed by atoms with van der Waals surface area (Å²) in [7, 11) is 1.35. The van der Waals surface area contributed by atoms with Crippen LogP contribution in [-0.2, 0) is 4.79 Å². The van der Waals surface area contributed by atoms with E-state index in [9.17, 15) is 14.9 Å². The van der Waals surface area contributed by atoms with E-state index in [4.69, 9.17) is 9.47 Å². The third-order valence-electron chi connectivity index (χ3n) is 2.99. The molecule has 0 aliphatic heterocycles. The van der Waals surface area contributed by atoms with Crippen molar-refractivity contribution in [3.8, 4) is 11.5 Å². The molecule has 0 bridgehead atoms. The Hall–Kier alpha value is -2.69. The Morgan fingerprint density at radius 1 is 1.32 bits per heavy atom. The monoisotopic (exact) mass is 455 g/mol. The number of carbonyl (C=O) groups is 1. The first-order valence-electron chi connectivity index (χ1n) is 7.02. The smallest absolute Gasteiger partial charge is 0.311 e. The fourth-order valence-electron chi connectivity index (χ4n) is 1.82. The fraction of sp³-hybridized carbons (Fsp3) is 0.125. The van der Waals surface area contributed by atoms with Gasteiger partial charge in [-0.05, 0) is 59.0 Å². The van der Waals surface area contributed by atoms with Crippen LogP contribution in [0.25, 0.3) is 0 Å². The van der Waals surface area contributed by atoms with Crippen molar-refractivity contribution in [3.63, 3.8) is 0 Å². The van der Waals surface area contributed by atoms with Gasteiger partial charge in [0.05, 0.1) is 18.2 Å². The number of nitro groups is 1. The van der Waals surface area contributed by atoms with E-state index in [2.05, 4.69) is 33.1 Å². The lowest BCUT2D eigenvalue weighted by atomic mass is 10.2. The number of nitro benzene ring substituents is 1. The molecular weight excluding hydrogens is 441 g/mol. The van der Waals surface area contributed by atoms with Gasteiger partial charge in [-0.3, -0.25) is 14.9 Å². The molecule has 130 valence electrons. The molecular formula is C16H14IN3O5. The van der Waals surface area contributed by atoms with Crippen LogP contribution in [-0.4, -0.2) is 30.8 Å². The Morgan fingerprint density at radius 2 is 2.04 bits per heavy atom. The van der Waals surface area contributed by atoms with E-state index < -0.39 is 10.8 Å². The summed E-state index contributed by atoms with van der Waals surface area (Å²) in [5.41, 5.74) is 2.56. The molecule has 0 aliphatic rings. The zero-order valence-electron chi connectivity index (χ0n) is 13.1. The molecule has 0 atom stereocenters. The van der Waals surface area contributed by atoms with Gasteiger partial charge in [-0.25, -0.2) is 5.43 Å². The van der Waals surface area contributed by atoms with Crippen molar-refractivity contribution >= 4 is 40.4 Å². The average molecular weight is 455 g/mol. The lowest BCUT2D eigenvalue weighted by Gasteiger charge is -2.05. The SMILES string of the molecule is COc1ccc(/C=N/NC(=O)COc2ccc(I)cc2)cc1[N+](=O)[O-]. The van der Waals surface area contributed by atoms with Crippen molar-refractivity contribution in [1.82, 2.24) is 5.43 Å². The highest BCUT2D eigenvalue weighted by atomic mass is 127. The number of amides is 1. The molecule has 1 N–H and O–H groups in total. The standard InChI is InChI=1S/C16H14IN3O5/c1-24-15-7-2-11(8-14(15)20(22)23)9-18-19-16(21)10-25-13-5-3-12(17)4-6-13/h2-9H,10H2,1H3,(H,19,21)/b18-9+. The van der Waals surface area contributed by atoms with Gasteiger partial charge in [-0.1, -0.05) is 0 Å². The molecule has 1 amide bonds. The summed E-state index contributed by atoms with van der Waals surface area (Å²) in [6, 6.07) is 11.6. The van der Waals surface area contributed by atoms with Gasteiger partial charge in [0, 0.05) is 15.2 Å². The van der Waals surface area contributed by atoms with Crippen LogP contribution in [0.1, 0.15) is 5.56 Å². The Balaban J connectivity index is 1.89. The fourth-order valence-corrected chi connectivity index (χ4v) is 2.18. The molecule has 2 rings (SSSR count). The summed E-state index contributed by atoms with van der Waals surface area (Å²) in [6.45, 7) is -0.194. The molecule has 9 heteroatoms. The van der Waals surface area contributed by atoms with Gasteiger partial charge in [0.1, 0.15) is 5.75 Å². The molecule has 8 nitrogen and oxygen atoms in total. The average Bonchev–Trinajstić information content (AvgIpc) is 2.61. The van der Waals surface area contributed by atoms with Gasteiger partial charge in [-0.2, -0.15) is 5.10 Å². The van der Waals surface area contributed by atoms with E-state index in [1.165, 1.54) is 25.5 Å². The highest BCUT2D eigenvalue weighted by Crippen LogP contribution is 2.26. The van der Waals surface area contributed by atoms with Crippen LogP contribution in [0.4, 0.5) is 5.69 Å². The Morgan fingerprint density at radius 3 is 2.68 bits per heavy atom. The first kappa shape index (κ1) is 18.6. The maximum Gasteiger partial charge on any atom is 0.311 e. The van der Waals surface area contributed by atoms with Crippen LogP contribution < -0.4 is 14.9 Å². The molecule has 0 aromatic heterocycles. The van der Waals surface area contributed by atoms with Gasteiger partial charge < -0.3 is 9.47 Å². The number of hydrogen-bond donors (Lipinski definition) is 1. The zero-order chi connectivity index (χ0) is 18.2. The Bertz CT molecular complexity index is 793. The van der Waals surface area contributed by atoms with Crippen molar-refractivity contribution in [1.29, 1.82) is 0 Å². The quantitative estimate of drug-likeness (QED) is 0.300. The number of methoxy groups -OCH3 is 1. The second-order valence-corrected chi connectivity index (χ2v) is 5.97. The number of nitrogens with one attached hydrogen (secondary N) is 1. The van der Waals surface area contributed by atoms with E-state index >= 15 is 0 Å². The molecule has 0 radical (unpaired) electrons. The lowest BCUT2D eigenvalue weighted by Crippen LogP contribution is -2.24. The number of rotatable bonds is 7. The number of carbonyl (C=O) groups excluding carboxylic acids is 1. The second kappa shape index (κ2) is 8.97. The van der Waals surface area contributed by atoms with E-state index in [0.29, 0.717) is 11.3 Å². The number of hydrogen-bond acceptors (Lipinski definition) is 6. The Labute approximate surface area is 157 Å². The van der Waals surface area contributed by atoms with Crippen LogP contribution in [0.2, 0.25) is 0 Å². The molecule has 0 fully saturated rings. The predicted octanol–water partition coefficient (Wildman–Crippen LogP) is 2.74. The van der Waals surface area contributed by atoms with Crippen LogP contribution in [0, 0.1) is 13.7 Å². The summed E-state index contributed by atoms with van der Waals surface area (Å²) in [5.74, 6) is 0.278. The van der Waals surface area contributed by atoms with Crippen molar-refractivity contribution in [2.75, 3.05) is 13.7 Å². The lowest BCUT2D eigenvalue weighted by molar-refractivity contribution is -0.385.